The van der Waals surface area contributed by atoms with Crippen molar-refractivity contribution in [3.05, 3.63) is 200 Å². The van der Waals surface area contributed by atoms with Crippen LogP contribution < -0.4 is 0 Å². The predicted octanol–water partition coefficient (Wildman–Crippen LogP) is 13.3. The molecule has 0 spiro atoms. The van der Waals surface area contributed by atoms with Gasteiger partial charge in [-0.1, -0.05) is 170 Å². The largest absolute Gasteiger partial charge is 0.208 e. The maximum absolute atomic E-state index is 5.28. The van der Waals surface area contributed by atoms with Crippen LogP contribution in [0.4, 0.5) is 0 Å². The molecule has 10 rings (SSSR count). The first kappa shape index (κ1) is 31.5. The molecule has 3 nitrogen and oxygen atoms in total. The number of hydrogen-bond acceptors (Lipinski definition) is 3. The van der Waals surface area contributed by atoms with Crippen molar-refractivity contribution in [2.75, 3.05) is 0 Å². The van der Waals surface area contributed by atoms with Gasteiger partial charge in [-0.2, -0.15) is 0 Å². The first-order valence-electron chi connectivity index (χ1n) is 18.3. The Bertz CT molecular complexity index is 2970. The molecule has 0 aliphatic carbocycles. The first-order valence-corrected chi connectivity index (χ1v) is 18.3. The van der Waals surface area contributed by atoms with Gasteiger partial charge in [0.05, 0.1) is 0 Å². The summed E-state index contributed by atoms with van der Waals surface area (Å²) in [5, 5.41) is 6.87. The van der Waals surface area contributed by atoms with Gasteiger partial charge < -0.3 is 0 Å². The molecule has 0 amide bonds. The van der Waals surface area contributed by atoms with Gasteiger partial charge in [0.15, 0.2) is 17.5 Å². The summed E-state index contributed by atoms with van der Waals surface area (Å²) in [7, 11) is 0. The second kappa shape index (κ2) is 13.4. The minimum Gasteiger partial charge on any atom is -0.208 e. The molecule has 0 saturated heterocycles. The van der Waals surface area contributed by atoms with E-state index in [0.717, 1.165) is 49.4 Å². The van der Waals surface area contributed by atoms with E-state index in [9.17, 15) is 0 Å². The molecule has 9 aromatic carbocycles. The average Bonchev–Trinajstić information content (AvgIpc) is 3.26. The Balaban J connectivity index is 1.19. The molecule has 0 aliphatic rings. The molecule has 0 N–H and O–H groups in total. The van der Waals surface area contributed by atoms with Crippen molar-refractivity contribution >= 4 is 32.3 Å². The van der Waals surface area contributed by atoms with E-state index in [1.807, 2.05) is 0 Å². The van der Waals surface area contributed by atoms with Gasteiger partial charge in [0.1, 0.15) is 0 Å². The Hall–Kier alpha value is -7.23. The van der Waals surface area contributed by atoms with E-state index in [4.69, 9.17) is 15.0 Å². The minimum atomic E-state index is 0.633. The highest BCUT2D eigenvalue weighted by atomic mass is 15.0. The highest BCUT2D eigenvalue weighted by Crippen LogP contribution is 2.38. The van der Waals surface area contributed by atoms with E-state index < -0.39 is 0 Å². The summed E-state index contributed by atoms with van der Waals surface area (Å²) in [5.74, 6) is 1.91. The molecule has 0 radical (unpaired) electrons. The molecule has 3 heteroatoms. The summed E-state index contributed by atoms with van der Waals surface area (Å²) in [6.45, 7) is 0. The molecule has 0 unspecified atom stereocenters. The van der Waals surface area contributed by atoms with Crippen LogP contribution in [0.5, 0.6) is 0 Å². The van der Waals surface area contributed by atoms with Gasteiger partial charge in [-0.05, 0) is 96.0 Å². The lowest BCUT2D eigenvalue weighted by Gasteiger charge is -2.14. The molecule has 1 heterocycles. The highest BCUT2D eigenvalue weighted by molar-refractivity contribution is 6.04. The molecule has 1 aromatic heterocycles. The zero-order valence-electron chi connectivity index (χ0n) is 29.4. The maximum atomic E-state index is 5.28. The smallest absolute Gasteiger partial charge is 0.164 e. The Morgan fingerprint density at radius 2 is 0.685 bits per heavy atom. The van der Waals surface area contributed by atoms with Crippen molar-refractivity contribution < 1.29 is 0 Å². The molecule has 0 saturated carbocycles. The second-order valence-corrected chi connectivity index (χ2v) is 13.6. The number of nitrogens with zero attached hydrogens (tertiary/aromatic N) is 3. The highest BCUT2D eigenvalue weighted by Gasteiger charge is 2.18. The first-order chi connectivity index (χ1) is 26.7. The van der Waals surface area contributed by atoms with Crippen LogP contribution in [0.1, 0.15) is 0 Å². The van der Waals surface area contributed by atoms with Crippen molar-refractivity contribution in [3.63, 3.8) is 0 Å². The quantitative estimate of drug-likeness (QED) is 0.175. The lowest BCUT2D eigenvalue weighted by molar-refractivity contribution is 1.08. The van der Waals surface area contributed by atoms with Crippen LogP contribution in [0.2, 0.25) is 0 Å². The summed E-state index contributed by atoms with van der Waals surface area (Å²) in [6.07, 6.45) is 0. The van der Waals surface area contributed by atoms with Gasteiger partial charge in [0, 0.05) is 16.7 Å². The van der Waals surface area contributed by atoms with Gasteiger partial charge in [-0.25, -0.2) is 15.0 Å². The van der Waals surface area contributed by atoms with Crippen molar-refractivity contribution in [2.45, 2.75) is 0 Å². The number of fused-ring (bicyclic) bond motifs is 3. The normalized spacial score (nSPS) is 11.3. The fourth-order valence-electron chi connectivity index (χ4n) is 7.61. The fourth-order valence-corrected chi connectivity index (χ4v) is 7.61. The summed E-state index contributed by atoms with van der Waals surface area (Å²) in [4.78, 5) is 15.8. The molecule has 54 heavy (non-hydrogen) atoms. The van der Waals surface area contributed by atoms with Crippen molar-refractivity contribution in [3.8, 4) is 67.5 Å². The van der Waals surface area contributed by atoms with Gasteiger partial charge in [0.25, 0.3) is 0 Å². The Morgan fingerprint density at radius 1 is 0.222 bits per heavy atom. The van der Waals surface area contributed by atoms with Crippen molar-refractivity contribution in [1.29, 1.82) is 0 Å². The number of aromatic nitrogens is 3. The Kier molecular flexibility index (Phi) is 7.81. The monoisotopic (exact) mass is 687 g/mol. The summed E-state index contributed by atoms with van der Waals surface area (Å²) >= 11 is 0. The lowest BCUT2D eigenvalue weighted by Crippen LogP contribution is -2.01. The van der Waals surface area contributed by atoms with Gasteiger partial charge in [-0.3, -0.25) is 0 Å². The van der Waals surface area contributed by atoms with Crippen LogP contribution in [-0.4, -0.2) is 15.0 Å². The van der Waals surface area contributed by atoms with Crippen LogP contribution in [0, 0.1) is 0 Å². The maximum Gasteiger partial charge on any atom is 0.164 e. The molecule has 0 fully saturated rings. The zero-order chi connectivity index (χ0) is 35.8. The van der Waals surface area contributed by atoms with E-state index in [1.165, 1.54) is 33.0 Å². The second-order valence-electron chi connectivity index (χ2n) is 13.6. The third kappa shape index (κ3) is 5.78. The van der Waals surface area contributed by atoms with Crippen LogP contribution in [0.15, 0.2) is 200 Å². The molecule has 0 atom stereocenters. The van der Waals surface area contributed by atoms with Crippen LogP contribution in [0.3, 0.4) is 0 Å². The van der Waals surface area contributed by atoms with Gasteiger partial charge in [-0.15, -0.1) is 0 Å². The Labute approximate surface area is 313 Å². The van der Waals surface area contributed by atoms with E-state index in [0.29, 0.717) is 17.5 Å². The van der Waals surface area contributed by atoms with Crippen LogP contribution in [-0.2, 0) is 0 Å². The van der Waals surface area contributed by atoms with Crippen LogP contribution >= 0.6 is 0 Å². The Morgan fingerprint density at radius 3 is 1.37 bits per heavy atom. The molecule has 252 valence electrons. The lowest BCUT2D eigenvalue weighted by atomic mass is 9.94. The molecular weight excluding hydrogens is 655 g/mol. The summed E-state index contributed by atoms with van der Waals surface area (Å²) in [6, 6.07) is 70.6. The van der Waals surface area contributed by atoms with Crippen molar-refractivity contribution in [2.24, 2.45) is 0 Å². The van der Waals surface area contributed by atoms with E-state index in [-0.39, 0.29) is 0 Å². The van der Waals surface area contributed by atoms with Gasteiger partial charge in [0.2, 0.25) is 0 Å². The molecular formula is C51H33N3. The summed E-state index contributed by atoms with van der Waals surface area (Å²) < 4.78 is 0. The average molecular weight is 688 g/mol. The topological polar surface area (TPSA) is 38.7 Å². The van der Waals surface area contributed by atoms with E-state index in [2.05, 4.69) is 200 Å². The molecule has 0 bridgehead atoms. The number of benzene rings is 9. The summed E-state index contributed by atoms with van der Waals surface area (Å²) in [5.41, 5.74) is 9.88. The third-order valence-corrected chi connectivity index (χ3v) is 10.3. The molecule has 0 aliphatic heterocycles. The zero-order valence-corrected chi connectivity index (χ0v) is 29.4. The number of rotatable bonds is 6. The third-order valence-electron chi connectivity index (χ3n) is 10.3. The van der Waals surface area contributed by atoms with Gasteiger partial charge >= 0.3 is 0 Å². The molecule has 10 aromatic rings. The fraction of sp³-hybridized carbons (Fsp3) is 0. The van der Waals surface area contributed by atoms with Crippen molar-refractivity contribution in [1.82, 2.24) is 15.0 Å². The number of hydrogen-bond donors (Lipinski definition) is 0. The minimum absolute atomic E-state index is 0.633. The van der Waals surface area contributed by atoms with E-state index >= 15 is 0 Å². The SMILES string of the molecule is c1ccc(-c2ccc3cc(-c4nc(-c5cc(-c6ccccc6)c6ccccc6c5)nc(-c5ccc(-c6ccccc6)c6ccccc56)n4)ccc3c2)cc1. The van der Waals surface area contributed by atoms with Crippen LogP contribution in [0.25, 0.3) is 99.9 Å². The van der Waals surface area contributed by atoms with E-state index in [1.54, 1.807) is 0 Å². The predicted molar refractivity (Wildman–Crippen MR) is 225 cm³/mol. The standard InChI is InChI=1S/C51H33N3/c1-4-14-34(15-5-1)37-24-25-39-31-41(27-26-38(39)30-37)49-52-50(42-32-40-20-10-11-21-43(40)48(33-42)36-18-8-3-9-19-36)54-51(53-49)47-29-28-44(35-16-6-2-7-17-35)45-22-12-13-23-46(45)47/h1-33H.